The molecule has 21 heavy (non-hydrogen) atoms. The van der Waals surface area contributed by atoms with Gasteiger partial charge in [-0.25, -0.2) is 4.79 Å². The molecule has 7 heteroatoms. The molecule has 0 spiro atoms. The van der Waals surface area contributed by atoms with E-state index in [1.807, 2.05) is 25.1 Å². The minimum absolute atomic E-state index is 0.121. The van der Waals surface area contributed by atoms with Crippen molar-refractivity contribution in [1.82, 2.24) is 0 Å². The van der Waals surface area contributed by atoms with E-state index in [2.05, 4.69) is 21.2 Å². The molecule has 2 aromatic rings. The molecule has 0 aliphatic carbocycles. The average molecular weight is 386 g/mol. The second-order valence-corrected chi connectivity index (χ2v) is 7.07. The van der Waals surface area contributed by atoms with E-state index in [0.29, 0.717) is 0 Å². The van der Waals surface area contributed by atoms with Gasteiger partial charge in [-0.05, 0) is 36.8 Å². The number of halogens is 1. The van der Waals surface area contributed by atoms with Crippen LogP contribution in [0, 0.1) is 6.92 Å². The third kappa shape index (κ3) is 4.59. The highest BCUT2D eigenvalue weighted by atomic mass is 79.9. The summed E-state index contributed by atoms with van der Waals surface area (Å²) in [7, 11) is 0. The fourth-order valence-electron chi connectivity index (χ4n) is 1.58. The Morgan fingerprint density at radius 3 is 2.76 bits per heavy atom. The average Bonchev–Trinajstić information content (AvgIpc) is 2.90. The van der Waals surface area contributed by atoms with Crippen LogP contribution >= 0.6 is 39.0 Å². The number of carboxylic acid groups (broad SMARTS) is 1. The molecule has 4 nitrogen and oxygen atoms in total. The van der Waals surface area contributed by atoms with Gasteiger partial charge in [0.15, 0.2) is 0 Å². The van der Waals surface area contributed by atoms with E-state index in [0.717, 1.165) is 32.0 Å². The van der Waals surface area contributed by atoms with Crippen LogP contribution in [-0.2, 0) is 4.79 Å². The van der Waals surface area contributed by atoms with Crippen molar-refractivity contribution in [2.45, 2.75) is 11.8 Å². The molecule has 0 aliphatic heterocycles. The first-order valence-electron chi connectivity index (χ1n) is 5.96. The molecular weight excluding hydrogens is 374 g/mol. The second kappa shape index (κ2) is 7.11. The number of thiophene rings is 1. The molecule has 2 N–H and O–H groups in total. The number of aryl methyl sites for hydroxylation is 1. The highest BCUT2D eigenvalue weighted by Gasteiger charge is 2.09. The zero-order valence-electron chi connectivity index (χ0n) is 11.1. The van der Waals surface area contributed by atoms with Crippen LogP contribution in [0.2, 0.25) is 0 Å². The van der Waals surface area contributed by atoms with Crippen LogP contribution < -0.4 is 5.32 Å². The monoisotopic (exact) mass is 385 g/mol. The zero-order valence-corrected chi connectivity index (χ0v) is 14.3. The summed E-state index contributed by atoms with van der Waals surface area (Å²) in [5, 5.41) is 13.4. The summed E-state index contributed by atoms with van der Waals surface area (Å²) in [5.74, 6) is -0.823. The van der Waals surface area contributed by atoms with Crippen molar-refractivity contribution in [3.63, 3.8) is 0 Å². The van der Waals surface area contributed by atoms with E-state index >= 15 is 0 Å². The lowest BCUT2D eigenvalue weighted by molar-refractivity contribution is -0.113. The first kappa shape index (κ1) is 16.1. The largest absolute Gasteiger partial charge is 0.477 e. The highest BCUT2D eigenvalue weighted by molar-refractivity contribution is 9.10. The van der Waals surface area contributed by atoms with Gasteiger partial charge in [0.1, 0.15) is 4.88 Å². The van der Waals surface area contributed by atoms with Crippen LogP contribution in [0.5, 0.6) is 0 Å². The number of nitrogens with one attached hydrogen (secondary N) is 1. The summed E-state index contributed by atoms with van der Waals surface area (Å²) >= 11 is 5.89. The van der Waals surface area contributed by atoms with Crippen molar-refractivity contribution in [2.24, 2.45) is 0 Å². The van der Waals surface area contributed by atoms with Crippen molar-refractivity contribution in [3.8, 4) is 0 Å². The maximum Gasteiger partial charge on any atom is 0.345 e. The number of thioether (sulfide) groups is 1. The smallest absolute Gasteiger partial charge is 0.345 e. The minimum atomic E-state index is -0.943. The topological polar surface area (TPSA) is 66.4 Å². The Morgan fingerprint density at radius 2 is 2.14 bits per heavy atom. The summed E-state index contributed by atoms with van der Waals surface area (Å²) < 4.78 is 0.995. The Balaban J connectivity index is 1.89. The van der Waals surface area contributed by atoms with Crippen LogP contribution in [0.25, 0.3) is 0 Å². The number of carboxylic acids is 1. The summed E-state index contributed by atoms with van der Waals surface area (Å²) in [5.41, 5.74) is 1.79. The fourth-order valence-corrected chi connectivity index (χ4v) is 3.49. The van der Waals surface area contributed by atoms with Crippen LogP contribution in [0.1, 0.15) is 15.2 Å². The summed E-state index contributed by atoms with van der Waals surface area (Å²) in [6.07, 6.45) is 0. The number of hydrogen-bond donors (Lipinski definition) is 2. The first-order valence-corrected chi connectivity index (χ1v) is 8.62. The molecule has 0 aliphatic rings. The highest BCUT2D eigenvalue weighted by Crippen LogP contribution is 2.25. The van der Waals surface area contributed by atoms with Crippen molar-refractivity contribution in [3.05, 3.63) is 44.6 Å². The summed E-state index contributed by atoms with van der Waals surface area (Å²) in [6.45, 7) is 1.95. The number of carbonyl (C=O) groups is 2. The molecule has 1 amide bonds. The zero-order chi connectivity index (χ0) is 15.4. The van der Waals surface area contributed by atoms with Crippen molar-refractivity contribution >= 4 is 56.6 Å². The molecule has 0 atom stereocenters. The van der Waals surface area contributed by atoms with Crippen LogP contribution in [0.15, 0.2) is 39.0 Å². The predicted molar refractivity (Wildman–Crippen MR) is 89.5 cm³/mol. The van der Waals surface area contributed by atoms with E-state index in [1.54, 1.807) is 11.4 Å². The molecule has 0 saturated carbocycles. The molecule has 1 aromatic carbocycles. The van der Waals surface area contributed by atoms with Crippen molar-refractivity contribution < 1.29 is 14.7 Å². The fraction of sp³-hybridized carbons (Fsp3) is 0.143. The Kier molecular flexibility index (Phi) is 5.44. The SMILES string of the molecule is Cc1cc(NC(=O)CSc2csc(C(=O)O)c2)ccc1Br. The Hall–Kier alpha value is -1.31. The summed E-state index contributed by atoms with van der Waals surface area (Å²) in [6, 6.07) is 7.18. The number of carbonyl (C=O) groups excluding carboxylic acids is 1. The van der Waals surface area contributed by atoms with Crippen molar-refractivity contribution in [1.29, 1.82) is 0 Å². The molecular formula is C14H12BrNO3S2. The van der Waals surface area contributed by atoms with E-state index in [-0.39, 0.29) is 16.5 Å². The molecule has 0 radical (unpaired) electrons. The molecule has 0 saturated heterocycles. The quantitative estimate of drug-likeness (QED) is 0.754. The molecule has 110 valence electrons. The number of amides is 1. The molecule has 0 bridgehead atoms. The molecule has 0 fully saturated rings. The van der Waals surface area contributed by atoms with E-state index in [9.17, 15) is 9.59 Å². The van der Waals surface area contributed by atoms with Crippen molar-refractivity contribution in [2.75, 3.05) is 11.1 Å². The van der Waals surface area contributed by atoms with Gasteiger partial charge in [0.05, 0.1) is 5.75 Å². The lowest BCUT2D eigenvalue weighted by atomic mass is 10.2. The maximum atomic E-state index is 11.9. The lowest BCUT2D eigenvalue weighted by Crippen LogP contribution is -2.13. The molecule has 1 aromatic heterocycles. The van der Waals surface area contributed by atoms with Gasteiger partial charge >= 0.3 is 5.97 Å². The Labute approximate surface area is 138 Å². The van der Waals surface area contributed by atoms with Gasteiger partial charge in [0.25, 0.3) is 0 Å². The number of aromatic carboxylic acids is 1. The second-order valence-electron chi connectivity index (χ2n) is 4.25. The third-order valence-corrected chi connectivity index (χ3v) is 5.53. The van der Waals surface area contributed by atoms with Gasteiger partial charge in [-0.15, -0.1) is 23.1 Å². The summed E-state index contributed by atoms with van der Waals surface area (Å²) in [4.78, 5) is 23.7. The predicted octanol–water partition coefficient (Wildman–Crippen LogP) is 4.25. The van der Waals surface area contributed by atoms with E-state index < -0.39 is 5.97 Å². The Bertz CT molecular complexity index is 685. The van der Waals surface area contributed by atoms with Crippen LogP contribution in [0.4, 0.5) is 5.69 Å². The molecule has 0 unspecified atom stereocenters. The molecule has 1 heterocycles. The van der Waals surface area contributed by atoms with Crippen LogP contribution in [-0.4, -0.2) is 22.7 Å². The number of benzene rings is 1. The van der Waals surface area contributed by atoms with Crippen LogP contribution in [0.3, 0.4) is 0 Å². The van der Waals surface area contributed by atoms with E-state index in [1.165, 1.54) is 11.8 Å². The normalized spacial score (nSPS) is 10.4. The lowest BCUT2D eigenvalue weighted by Gasteiger charge is -2.06. The minimum Gasteiger partial charge on any atom is -0.477 e. The maximum absolute atomic E-state index is 11.9. The number of rotatable bonds is 5. The van der Waals surface area contributed by atoms with Gasteiger partial charge in [0.2, 0.25) is 5.91 Å². The van der Waals surface area contributed by atoms with Gasteiger partial charge < -0.3 is 10.4 Å². The van der Waals surface area contributed by atoms with Gasteiger partial charge in [-0.1, -0.05) is 15.9 Å². The molecule has 2 rings (SSSR count). The third-order valence-electron chi connectivity index (χ3n) is 2.60. The van der Waals surface area contributed by atoms with E-state index in [4.69, 9.17) is 5.11 Å². The first-order chi connectivity index (χ1) is 9.95. The van der Waals surface area contributed by atoms with Gasteiger partial charge in [-0.3, -0.25) is 4.79 Å². The van der Waals surface area contributed by atoms with Gasteiger partial charge in [0, 0.05) is 20.4 Å². The standard InChI is InChI=1S/C14H12BrNO3S2/c1-8-4-9(2-3-11(8)15)16-13(17)7-20-10-5-12(14(18)19)21-6-10/h2-6H,7H2,1H3,(H,16,17)(H,18,19). The van der Waals surface area contributed by atoms with Gasteiger partial charge in [-0.2, -0.15) is 0 Å². The number of anilines is 1. The number of hydrogen-bond acceptors (Lipinski definition) is 4. The Morgan fingerprint density at radius 1 is 1.38 bits per heavy atom.